The number of aromatic nitrogens is 2. The molecule has 47 heavy (non-hydrogen) atoms. The van der Waals surface area contributed by atoms with Gasteiger partial charge in [-0.25, -0.2) is 15.4 Å². The van der Waals surface area contributed by atoms with Crippen molar-refractivity contribution in [2.45, 2.75) is 32.0 Å². The number of ether oxygens (including phenoxy) is 2. The van der Waals surface area contributed by atoms with E-state index in [0.717, 1.165) is 28.9 Å². The van der Waals surface area contributed by atoms with Gasteiger partial charge >= 0.3 is 6.01 Å². The van der Waals surface area contributed by atoms with Crippen LogP contribution in [-0.2, 0) is 22.5 Å². The lowest BCUT2D eigenvalue weighted by Gasteiger charge is -2.43. The number of halogens is 3. The molecule has 6 rings (SSSR count). The lowest BCUT2D eigenvalue weighted by atomic mass is 9.86. The Hall–Kier alpha value is -4.05. The molecule has 1 unspecified atom stereocenters. The molecule has 0 saturated carbocycles. The minimum absolute atomic E-state index is 0.0157. The third-order valence-electron chi connectivity index (χ3n) is 9.18. The molecule has 1 aromatic heterocycles. The van der Waals surface area contributed by atoms with Crippen molar-refractivity contribution in [2.75, 3.05) is 76.4 Å². The highest BCUT2D eigenvalue weighted by molar-refractivity contribution is 6.36. The third kappa shape index (κ3) is 6.44. The molecule has 3 aliphatic rings. The summed E-state index contributed by atoms with van der Waals surface area (Å²) in [6.07, 6.45) is 0.570. The molecular weight excluding hydrogens is 628 g/mol. The Bertz CT molecular complexity index is 1740. The molecule has 2 atom stereocenters. The Balaban J connectivity index is 1.38. The molecule has 4 heterocycles. The summed E-state index contributed by atoms with van der Waals surface area (Å²) in [5, 5.41) is 1.55. The third-order valence-corrected chi connectivity index (χ3v) is 9.55. The van der Waals surface area contributed by atoms with Crippen molar-refractivity contribution in [3.8, 4) is 6.01 Å². The molecule has 3 aliphatic heterocycles. The first kappa shape index (κ1) is 32.9. The first-order valence-electron chi connectivity index (χ1n) is 15.6. The number of amides is 1. The van der Waals surface area contributed by atoms with E-state index in [0.29, 0.717) is 57.1 Å². The standard InChI is InChI=1S/C34H38ClF2N7O3/c1-21-13-25-27(16-44(21)28-8-6-7-23-9-10-26(37)30(35)29(23)28)39-33(47-20-34(17-41(4)5)18-46-19-34)40-31(25)42-11-12-43(32(45)22(2)36)24(15-42)14-38-3/h6-10,21,24H,2,11-20H2,1,4-5H3/t21?,24-/m0/s1. The molecule has 3 aromatic rings. The van der Waals surface area contributed by atoms with Gasteiger partial charge in [-0.05, 0) is 45.0 Å². The molecule has 1 amide bonds. The number of anilines is 2. The lowest BCUT2D eigenvalue weighted by Crippen LogP contribution is -2.57. The molecule has 10 nitrogen and oxygen atoms in total. The summed E-state index contributed by atoms with van der Waals surface area (Å²) in [5.41, 5.74) is 2.32. The molecular formula is C34H38ClF2N7O3. The van der Waals surface area contributed by atoms with Crippen LogP contribution in [0.4, 0.5) is 20.3 Å². The summed E-state index contributed by atoms with van der Waals surface area (Å²) in [5.74, 6) is -1.65. The Morgan fingerprint density at radius 3 is 2.72 bits per heavy atom. The zero-order chi connectivity index (χ0) is 33.5. The lowest BCUT2D eigenvalue weighted by molar-refractivity contribution is -0.140. The number of hydrogen-bond donors (Lipinski definition) is 0. The molecule has 0 bridgehead atoms. The molecule has 0 N–H and O–H groups in total. The minimum Gasteiger partial charge on any atom is -0.463 e. The van der Waals surface area contributed by atoms with Crippen molar-refractivity contribution in [3.63, 3.8) is 0 Å². The van der Waals surface area contributed by atoms with E-state index < -0.39 is 23.6 Å². The van der Waals surface area contributed by atoms with Gasteiger partial charge in [-0.15, -0.1) is 0 Å². The van der Waals surface area contributed by atoms with Gasteiger partial charge in [0.25, 0.3) is 5.91 Å². The number of fused-ring (bicyclic) bond motifs is 2. The van der Waals surface area contributed by atoms with Crippen LogP contribution in [0.2, 0.25) is 5.02 Å². The van der Waals surface area contributed by atoms with Crippen LogP contribution < -0.4 is 14.5 Å². The van der Waals surface area contributed by atoms with Crippen molar-refractivity contribution in [3.05, 3.63) is 76.3 Å². The molecule has 0 radical (unpaired) electrons. The van der Waals surface area contributed by atoms with Crippen LogP contribution >= 0.6 is 11.6 Å². The normalized spacial score (nSPS) is 20.5. The van der Waals surface area contributed by atoms with Gasteiger partial charge in [-0.1, -0.05) is 36.4 Å². The maximum atomic E-state index is 14.7. The van der Waals surface area contributed by atoms with Crippen LogP contribution in [0.1, 0.15) is 18.2 Å². The fourth-order valence-electron chi connectivity index (χ4n) is 6.97. The summed E-state index contributed by atoms with van der Waals surface area (Å²) in [6, 6.07) is 8.53. The van der Waals surface area contributed by atoms with E-state index in [1.807, 2.05) is 37.2 Å². The second-order valence-electron chi connectivity index (χ2n) is 13.0. The van der Waals surface area contributed by atoms with Gasteiger partial charge in [0.15, 0.2) is 5.83 Å². The summed E-state index contributed by atoms with van der Waals surface area (Å²) in [6.45, 7) is 16.3. The van der Waals surface area contributed by atoms with E-state index in [2.05, 4.69) is 28.1 Å². The summed E-state index contributed by atoms with van der Waals surface area (Å²) >= 11 is 6.54. The smallest absolute Gasteiger partial charge is 0.318 e. The minimum atomic E-state index is -1.04. The fourth-order valence-corrected chi connectivity index (χ4v) is 7.24. The summed E-state index contributed by atoms with van der Waals surface area (Å²) < 4.78 is 40.5. The highest BCUT2D eigenvalue weighted by Gasteiger charge is 2.41. The van der Waals surface area contributed by atoms with Gasteiger partial charge in [-0.3, -0.25) is 4.79 Å². The van der Waals surface area contributed by atoms with E-state index >= 15 is 0 Å². The molecule has 2 aromatic carbocycles. The van der Waals surface area contributed by atoms with Gasteiger partial charge in [0.05, 0.1) is 35.9 Å². The zero-order valence-electron chi connectivity index (χ0n) is 26.8. The van der Waals surface area contributed by atoms with E-state index in [9.17, 15) is 13.6 Å². The van der Waals surface area contributed by atoms with E-state index in [1.165, 1.54) is 11.0 Å². The van der Waals surface area contributed by atoms with Gasteiger partial charge in [0.2, 0.25) is 6.54 Å². The number of piperazine rings is 1. The Kier molecular flexibility index (Phi) is 9.25. The number of hydrogen-bond acceptors (Lipinski definition) is 8. The number of carbonyl (C=O) groups excluding carboxylic acids is 1. The fraction of sp³-hybridized carbons (Fsp3) is 0.471. The molecule has 0 aliphatic carbocycles. The maximum absolute atomic E-state index is 14.7. The molecule has 2 fully saturated rings. The average molecular weight is 666 g/mol. The summed E-state index contributed by atoms with van der Waals surface area (Å²) in [7, 11) is 4.02. The van der Waals surface area contributed by atoms with E-state index in [1.54, 1.807) is 6.07 Å². The highest BCUT2D eigenvalue weighted by atomic mass is 35.5. The van der Waals surface area contributed by atoms with Crippen molar-refractivity contribution in [1.82, 2.24) is 19.8 Å². The first-order chi connectivity index (χ1) is 22.5. The van der Waals surface area contributed by atoms with Crippen molar-refractivity contribution in [2.24, 2.45) is 5.41 Å². The Morgan fingerprint density at radius 1 is 1.26 bits per heavy atom. The molecule has 2 saturated heterocycles. The number of carbonyl (C=O) groups is 1. The molecule has 0 spiro atoms. The van der Waals surface area contributed by atoms with Crippen LogP contribution in [-0.4, -0.2) is 104 Å². The Morgan fingerprint density at radius 2 is 2.04 bits per heavy atom. The number of nitrogens with zero attached hydrogens (tertiary/aromatic N) is 7. The average Bonchev–Trinajstić information content (AvgIpc) is 3.03. The second-order valence-corrected chi connectivity index (χ2v) is 13.4. The predicted octanol–water partition coefficient (Wildman–Crippen LogP) is 4.75. The van der Waals surface area contributed by atoms with Crippen molar-refractivity contribution in [1.29, 1.82) is 0 Å². The van der Waals surface area contributed by atoms with Gasteiger partial charge in [0, 0.05) is 48.9 Å². The van der Waals surface area contributed by atoms with Crippen LogP contribution in [0.3, 0.4) is 0 Å². The van der Waals surface area contributed by atoms with Crippen molar-refractivity contribution >= 4 is 39.8 Å². The van der Waals surface area contributed by atoms with E-state index in [-0.39, 0.29) is 35.6 Å². The van der Waals surface area contributed by atoms with Gasteiger partial charge < -0.3 is 33.9 Å². The summed E-state index contributed by atoms with van der Waals surface area (Å²) in [4.78, 5) is 33.7. The largest absolute Gasteiger partial charge is 0.463 e. The monoisotopic (exact) mass is 665 g/mol. The van der Waals surface area contributed by atoms with E-state index in [4.69, 9.17) is 37.6 Å². The van der Waals surface area contributed by atoms with Gasteiger partial charge in [0.1, 0.15) is 24.3 Å². The number of benzene rings is 2. The first-order valence-corrected chi connectivity index (χ1v) is 16.0. The number of rotatable bonds is 9. The topological polar surface area (TPSA) is 78.6 Å². The highest BCUT2D eigenvalue weighted by Crippen LogP contribution is 2.40. The predicted molar refractivity (Wildman–Crippen MR) is 177 cm³/mol. The van der Waals surface area contributed by atoms with Crippen LogP contribution in [0, 0.1) is 17.8 Å². The van der Waals surface area contributed by atoms with Crippen LogP contribution in [0.15, 0.2) is 42.7 Å². The quantitative estimate of drug-likeness (QED) is 0.240. The van der Waals surface area contributed by atoms with Crippen molar-refractivity contribution < 1.29 is 23.0 Å². The van der Waals surface area contributed by atoms with Crippen LogP contribution in [0.5, 0.6) is 6.01 Å². The molecule has 13 heteroatoms. The Labute approximate surface area is 278 Å². The maximum Gasteiger partial charge on any atom is 0.318 e. The zero-order valence-corrected chi connectivity index (χ0v) is 27.6. The van der Waals surface area contributed by atoms with Crippen LogP contribution in [0.25, 0.3) is 15.6 Å². The second kappa shape index (κ2) is 13.2. The van der Waals surface area contributed by atoms with Gasteiger partial charge in [-0.2, -0.15) is 9.97 Å². The molecule has 248 valence electrons. The SMILES string of the molecule is [C-]#[N+]C[C@H]1CN(c2nc(OCC3(CN(C)C)COC3)nc3c2CC(C)N(c2cccc4ccc(F)c(Cl)c24)C3)CCN1C(=O)C(=C)F.